The summed E-state index contributed by atoms with van der Waals surface area (Å²) in [5.41, 5.74) is 8.41. The number of aliphatic hydroxyl groups is 1. The Balaban J connectivity index is 1.35. The van der Waals surface area contributed by atoms with Gasteiger partial charge in [-0.15, -0.1) is 0 Å². The van der Waals surface area contributed by atoms with E-state index in [1.165, 1.54) is 56.7 Å². The largest absolute Gasteiger partial charge is 0.379 e. The van der Waals surface area contributed by atoms with Crippen molar-refractivity contribution in [3.05, 3.63) is 24.0 Å². The number of nitrogens with one attached hydrogen (secondary N) is 2. The lowest BCUT2D eigenvalue weighted by atomic mass is 9.89. The van der Waals surface area contributed by atoms with Crippen LogP contribution in [-0.2, 0) is 6.54 Å². The molecule has 0 radical (unpaired) electrons. The van der Waals surface area contributed by atoms with E-state index in [4.69, 9.17) is 15.7 Å². The Morgan fingerprint density at radius 1 is 1.18 bits per heavy atom. The molecule has 0 aromatic carbocycles. The minimum absolute atomic E-state index is 0.390. The van der Waals surface area contributed by atoms with Crippen LogP contribution in [0.15, 0.2) is 18.3 Å². The van der Waals surface area contributed by atoms with E-state index in [-0.39, 0.29) is 0 Å². The fourth-order valence-corrected chi connectivity index (χ4v) is 5.97. The Morgan fingerprint density at radius 3 is 2.68 bits per heavy atom. The Hall–Kier alpha value is -2.27. The van der Waals surface area contributed by atoms with E-state index in [1.807, 2.05) is 25.3 Å². The van der Waals surface area contributed by atoms with Crippen molar-refractivity contribution in [1.29, 1.82) is 0 Å². The van der Waals surface area contributed by atoms with E-state index >= 15 is 0 Å². The number of aromatic nitrogens is 4. The van der Waals surface area contributed by atoms with Crippen molar-refractivity contribution < 1.29 is 5.11 Å². The molecule has 1 aliphatic heterocycles. The van der Waals surface area contributed by atoms with Gasteiger partial charge < -0.3 is 30.9 Å². The number of fused-ring (bicyclic) bond motifs is 1. The number of likely N-dealkylation sites (tertiary alicyclic amines) is 1. The number of nitrogens with zero attached hydrogens (tertiary/aromatic N) is 5. The van der Waals surface area contributed by atoms with Gasteiger partial charge in [0.1, 0.15) is 16.7 Å². The number of aliphatic hydroxyl groups excluding tert-OH is 1. The molecule has 1 aliphatic carbocycles. The van der Waals surface area contributed by atoms with Crippen LogP contribution in [0.2, 0.25) is 0 Å². The third-order valence-corrected chi connectivity index (χ3v) is 7.88. The molecule has 3 aromatic heterocycles. The van der Waals surface area contributed by atoms with Gasteiger partial charge in [-0.2, -0.15) is 9.36 Å². The van der Waals surface area contributed by atoms with Crippen molar-refractivity contribution in [2.24, 2.45) is 5.73 Å². The zero-order valence-corrected chi connectivity index (χ0v) is 20.7. The molecule has 184 valence electrons. The van der Waals surface area contributed by atoms with E-state index in [0.29, 0.717) is 25.0 Å². The first kappa shape index (κ1) is 23.5. The lowest BCUT2D eigenvalue weighted by molar-refractivity contribution is 0.127. The summed E-state index contributed by atoms with van der Waals surface area (Å²) >= 11 is 1.41. The highest BCUT2D eigenvalue weighted by atomic mass is 32.1. The van der Waals surface area contributed by atoms with Gasteiger partial charge in [-0.1, -0.05) is 6.42 Å². The van der Waals surface area contributed by atoms with Crippen molar-refractivity contribution in [2.75, 3.05) is 23.7 Å². The summed E-state index contributed by atoms with van der Waals surface area (Å²) in [6, 6.07) is 5.12. The summed E-state index contributed by atoms with van der Waals surface area (Å²) in [4.78, 5) is 12.4. The zero-order valence-electron chi connectivity index (χ0n) is 19.9. The quantitative estimate of drug-likeness (QED) is 0.357. The summed E-state index contributed by atoms with van der Waals surface area (Å²) in [7, 11) is 0. The van der Waals surface area contributed by atoms with E-state index in [2.05, 4.69) is 24.5 Å². The summed E-state index contributed by atoms with van der Waals surface area (Å²) < 4.78 is 6.44. The molecular weight excluding hydrogens is 448 g/mol. The second-order valence-electron chi connectivity index (χ2n) is 9.70. The molecule has 1 unspecified atom stereocenters. The van der Waals surface area contributed by atoms with Crippen LogP contribution >= 0.6 is 11.5 Å². The van der Waals surface area contributed by atoms with Crippen LogP contribution in [0.5, 0.6) is 0 Å². The number of anilines is 3. The van der Waals surface area contributed by atoms with Gasteiger partial charge in [0.2, 0.25) is 5.95 Å². The van der Waals surface area contributed by atoms with Crippen molar-refractivity contribution in [3.8, 4) is 0 Å². The molecule has 2 aliphatic rings. The van der Waals surface area contributed by atoms with Crippen LogP contribution in [0.4, 0.5) is 16.8 Å². The SMILES string of the molecule is Cc1cc(Nc2nc(NC3CCC(N4CCCCC4)CC3)c3c(ccn3CCC(N)O)n2)sn1. The Morgan fingerprint density at radius 2 is 1.97 bits per heavy atom. The maximum absolute atomic E-state index is 9.59. The van der Waals surface area contributed by atoms with Gasteiger partial charge in [-0.3, -0.25) is 0 Å². The number of aryl methyl sites for hydroxylation is 2. The average Bonchev–Trinajstić information content (AvgIpc) is 3.44. The molecule has 9 nitrogen and oxygen atoms in total. The van der Waals surface area contributed by atoms with Crippen LogP contribution in [0, 0.1) is 6.92 Å². The topological polar surface area (TPSA) is 117 Å². The van der Waals surface area contributed by atoms with E-state index in [0.717, 1.165) is 46.4 Å². The molecule has 5 N–H and O–H groups in total. The Labute approximate surface area is 204 Å². The third kappa shape index (κ3) is 5.51. The molecule has 0 bridgehead atoms. The van der Waals surface area contributed by atoms with Crippen LogP contribution in [0.3, 0.4) is 0 Å². The van der Waals surface area contributed by atoms with Crippen molar-refractivity contribution in [2.45, 2.75) is 83.1 Å². The number of rotatable bonds is 8. The fourth-order valence-electron chi connectivity index (χ4n) is 5.32. The highest BCUT2D eigenvalue weighted by Gasteiger charge is 2.27. The van der Waals surface area contributed by atoms with E-state index in [1.54, 1.807) is 0 Å². The normalized spacial score (nSPS) is 22.7. The third-order valence-electron chi connectivity index (χ3n) is 7.08. The number of hydrogen-bond acceptors (Lipinski definition) is 9. The minimum Gasteiger partial charge on any atom is -0.379 e. The highest BCUT2D eigenvalue weighted by molar-refractivity contribution is 7.10. The molecule has 1 saturated carbocycles. The van der Waals surface area contributed by atoms with Gasteiger partial charge in [0.05, 0.1) is 11.2 Å². The van der Waals surface area contributed by atoms with Crippen molar-refractivity contribution in [3.63, 3.8) is 0 Å². The summed E-state index contributed by atoms with van der Waals surface area (Å²) in [5.74, 6) is 1.41. The predicted molar refractivity (Wildman–Crippen MR) is 138 cm³/mol. The summed E-state index contributed by atoms with van der Waals surface area (Å²) in [6.07, 6.45) is 10.5. The standard InChI is InChI=1S/C24H36N8OS/c1-16-15-21(34-30-16)28-24-27-19-9-13-32(14-10-20(25)33)22(19)23(29-24)26-17-5-7-18(8-6-17)31-11-3-2-4-12-31/h9,13,15,17-18,20,33H,2-8,10-12,14,25H2,1H3,(H2,26,27,28,29). The number of piperidine rings is 1. The molecule has 1 saturated heterocycles. The summed E-state index contributed by atoms with van der Waals surface area (Å²) in [5, 5.41) is 17.6. The van der Waals surface area contributed by atoms with Gasteiger partial charge in [0.25, 0.3) is 0 Å². The number of hydrogen-bond donors (Lipinski definition) is 4. The van der Waals surface area contributed by atoms with Crippen LogP contribution in [0.25, 0.3) is 11.0 Å². The Bertz CT molecular complexity index is 1080. The van der Waals surface area contributed by atoms with Gasteiger partial charge in [0, 0.05) is 31.2 Å². The minimum atomic E-state index is -0.838. The predicted octanol–water partition coefficient (Wildman–Crippen LogP) is 3.82. The van der Waals surface area contributed by atoms with E-state index < -0.39 is 6.23 Å². The van der Waals surface area contributed by atoms with E-state index in [9.17, 15) is 5.11 Å². The van der Waals surface area contributed by atoms with Crippen LogP contribution in [-0.4, -0.2) is 60.3 Å². The second kappa shape index (κ2) is 10.6. The molecule has 34 heavy (non-hydrogen) atoms. The smallest absolute Gasteiger partial charge is 0.230 e. The molecular formula is C24H36N8OS. The highest BCUT2D eigenvalue weighted by Crippen LogP contribution is 2.31. The monoisotopic (exact) mass is 484 g/mol. The molecule has 1 atom stereocenters. The molecule has 2 fully saturated rings. The maximum atomic E-state index is 9.59. The number of nitrogens with two attached hydrogens (primary N) is 1. The first-order valence-corrected chi connectivity index (χ1v) is 13.3. The first-order chi connectivity index (χ1) is 16.5. The zero-order chi connectivity index (χ0) is 23.5. The average molecular weight is 485 g/mol. The molecule has 0 amide bonds. The fraction of sp³-hybridized carbons (Fsp3) is 0.625. The van der Waals surface area contributed by atoms with Gasteiger partial charge >= 0.3 is 0 Å². The Kier molecular flexibility index (Phi) is 7.29. The van der Waals surface area contributed by atoms with Gasteiger partial charge in [-0.25, -0.2) is 4.98 Å². The lowest BCUT2D eigenvalue weighted by Crippen LogP contribution is -2.43. The van der Waals surface area contributed by atoms with Gasteiger partial charge in [-0.05, 0) is 82.2 Å². The van der Waals surface area contributed by atoms with Crippen molar-refractivity contribution in [1.82, 2.24) is 23.8 Å². The van der Waals surface area contributed by atoms with Gasteiger partial charge in [0.15, 0.2) is 5.82 Å². The molecule has 3 aromatic rings. The van der Waals surface area contributed by atoms with Crippen LogP contribution < -0.4 is 16.4 Å². The maximum Gasteiger partial charge on any atom is 0.230 e. The van der Waals surface area contributed by atoms with Crippen LogP contribution in [0.1, 0.15) is 57.1 Å². The second-order valence-corrected chi connectivity index (χ2v) is 10.5. The molecule has 5 rings (SSSR count). The first-order valence-electron chi connectivity index (χ1n) is 12.6. The van der Waals surface area contributed by atoms with Crippen molar-refractivity contribution >= 4 is 39.3 Å². The molecule has 0 spiro atoms. The summed E-state index contributed by atoms with van der Waals surface area (Å²) in [6.45, 7) is 5.12. The molecule has 4 heterocycles. The lowest BCUT2D eigenvalue weighted by Gasteiger charge is -2.39. The molecule has 10 heteroatoms.